The van der Waals surface area contributed by atoms with Gasteiger partial charge >= 0.3 is 5.69 Å². The van der Waals surface area contributed by atoms with E-state index in [0.29, 0.717) is 23.9 Å². The van der Waals surface area contributed by atoms with E-state index < -0.39 is 0 Å². The van der Waals surface area contributed by atoms with Gasteiger partial charge in [0, 0.05) is 30.6 Å². The lowest BCUT2D eigenvalue weighted by Crippen LogP contribution is -2.39. The standard InChI is InChI=1S/C12H16N6O2/c1-3-17-5-4-11(19)18(12(17)20)7-10-14-8(2)6-9(15-10)16-13/h4-6H,3,7,13H2,1-2H3,(H,14,15,16). The molecule has 20 heavy (non-hydrogen) atoms. The zero-order chi connectivity index (χ0) is 14.7. The largest absolute Gasteiger partial charge is 0.331 e. The molecule has 0 bridgehead atoms. The number of hydrogen-bond acceptors (Lipinski definition) is 6. The molecule has 8 heteroatoms. The molecule has 2 rings (SSSR count). The van der Waals surface area contributed by atoms with Gasteiger partial charge in [-0.1, -0.05) is 0 Å². The summed E-state index contributed by atoms with van der Waals surface area (Å²) in [6.45, 7) is 4.11. The van der Waals surface area contributed by atoms with E-state index in [1.54, 1.807) is 13.0 Å². The van der Waals surface area contributed by atoms with Gasteiger partial charge in [-0.05, 0) is 13.8 Å². The highest BCUT2D eigenvalue weighted by molar-refractivity contribution is 5.33. The Bertz CT molecular complexity index is 733. The number of nitrogens with two attached hydrogens (primary N) is 1. The molecule has 8 nitrogen and oxygen atoms in total. The average Bonchev–Trinajstić information content (AvgIpc) is 2.43. The Kier molecular flexibility index (Phi) is 3.94. The fraction of sp³-hybridized carbons (Fsp3) is 0.333. The molecule has 0 atom stereocenters. The van der Waals surface area contributed by atoms with Crippen molar-refractivity contribution in [3.63, 3.8) is 0 Å². The van der Waals surface area contributed by atoms with E-state index in [2.05, 4.69) is 15.4 Å². The van der Waals surface area contributed by atoms with Crippen LogP contribution in [-0.2, 0) is 13.1 Å². The minimum absolute atomic E-state index is 0.00880. The lowest BCUT2D eigenvalue weighted by atomic mass is 10.4. The first kappa shape index (κ1) is 13.9. The van der Waals surface area contributed by atoms with Crippen molar-refractivity contribution in [2.75, 3.05) is 5.43 Å². The fourth-order valence-electron chi connectivity index (χ4n) is 1.86. The molecule has 0 aromatic carbocycles. The Labute approximate surface area is 114 Å². The maximum absolute atomic E-state index is 12.1. The fourth-order valence-corrected chi connectivity index (χ4v) is 1.86. The van der Waals surface area contributed by atoms with Crippen LogP contribution in [-0.4, -0.2) is 19.1 Å². The first-order chi connectivity index (χ1) is 9.55. The number of rotatable bonds is 4. The van der Waals surface area contributed by atoms with Crippen LogP contribution in [0.4, 0.5) is 5.82 Å². The van der Waals surface area contributed by atoms with Crippen molar-refractivity contribution in [1.82, 2.24) is 19.1 Å². The SMILES string of the molecule is CCn1ccc(=O)n(Cc2nc(C)cc(NN)n2)c1=O. The summed E-state index contributed by atoms with van der Waals surface area (Å²) in [5, 5.41) is 0. The van der Waals surface area contributed by atoms with E-state index in [-0.39, 0.29) is 17.8 Å². The smallest absolute Gasteiger partial charge is 0.308 e. The molecular weight excluding hydrogens is 260 g/mol. The minimum Gasteiger partial charge on any atom is -0.308 e. The van der Waals surface area contributed by atoms with Crippen LogP contribution in [0.25, 0.3) is 0 Å². The molecule has 0 radical (unpaired) electrons. The van der Waals surface area contributed by atoms with E-state index in [1.165, 1.54) is 16.8 Å². The van der Waals surface area contributed by atoms with Crippen molar-refractivity contribution < 1.29 is 0 Å². The number of anilines is 1. The highest BCUT2D eigenvalue weighted by Gasteiger charge is 2.08. The highest BCUT2D eigenvalue weighted by atomic mass is 16.2. The van der Waals surface area contributed by atoms with Crippen LogP contribution >= 0.6 is 0 Å². The van der Waals surface area contributed by atoms with Gasteiger partial charge in [0.25, 0.3) is 5.56 Å². The van der Waals surface area contributed by atoms with Gasteiger partial charge < -0.3 is 9.99 Å². The highest BCUT2D eigenvalue weighted by Crippen LogP contribution is 2.04. The molecule has 0 saturated heterocycles. The van der Waals surface area contributed by atoms with Gasteiger partial charge in [0.1, 0.15) is 5.82 Å². The molecule has 2 heterocycles. The van der Waals surface area contributed by atoms with Gasteiger partial charge in [-0.15, -0.1) is 0 Å². The van der Waals surface area contributed by atoms with Crippen LogP contribution in [0.1, 0.15) is 18.4 Å². The van der Waals surface area contributed by atoms with Crippen LogP contribution in [0, 0.1) is 6.92 Å². The number of aromatic nitrogens is 4. The van der Waals surface area contributed by atoms with E-state index in [0.717, 1.165) is 4.57 Å². The summed E-state index contributed by atoms with van der Waals surface area (Å²) < 4.78 is 2.54. The van der Waals surface area contributed by atoms with E-state index >= 15 is 0 Å². The lowest BCUT2D eigenvalue weighted by molar-refractivity contribution is 0.587. The molecule has 0 aliphatic heterocycles. The zero-order valence-electron chi connectivity index (χ0n) is 11.3. The predicted octanol–water partition coefficient (Wildman–Crippen LogP) is -0.538. The summed E-state index contributed by atoms with van der Waals surface area (Å²) in [6.07, 6.45) is 1.48. The third-order valence-corrected chi connectivity index (χ3v) is 2.83. The van der Waals surface area contributed by atoms with E-state index in [9.17, 15) is 9.59 Å². The quantitative estimate of drug-likeness (QED) is 0.573. The Morgan fingerprint density at radius 3 is 2.75 bits per heavy atom. The molecule has 3 N–H and O–H groups in total. The van der Waals surface area contributed by atoms with Crippen molar-refractivity contribution >= 4 is 5.82 Å². The summed E-state index contributed by atoms with van der Waals surface area (Å²) >= 11 is 0. The normalized spacial score (nSPS) is 10.6. The molecular formula is C12H16N6O2. The first-order valence-electron chi connectivity index (χ1n) is 6.16. The molecule has 0 fully saturated rings. The zero-order valence-corrected chi connectivity index (χ0v) is 11.3. The van der Waals surface area contributed by atoms with Crippen LogP contribution in [0.15, 0.2) is 27.9 Å². The van der Waals surface area contributed by atoms with Crippen LogP contribution in [0.5, 0.6) is 0 Å². The predicted molar refractivity (Wildman–Crippen MR) is 74.3 cm³/mol. The molecule has 0 saturated carbocycles. The van der Waals surface area contributed by atoms with Crippen molar-refractivity contribution in [3.05, 3.63) is 50.7 Å². The van der Waals surface area contributed by atoms with Crippen molar-refractivity contribution in [3.8, 4) is 0 Å². The summed E-state index contributed by atoms with van der Waals surface area (Å²) in [6, 6.07) is 3.02. The Morgan fingerprint density at radius 1 is 1.35 bits per heavy atom. The Morgan fingerprint density at radius 2 is 2.10 bits per heavy atom. The number of nitrogens with one attached hydrogen (secondary N) is 1. The van der Waals surface area contributed by atoms with Gasteiger partial charge in [0.15, 0.2) is 5.82 Å². The molecule has 2 aromatic rings. The van der Waals surface area contributed by atoms with Crippen LogP contribution < -0.4 is 22.5 Å². The summed E-state index contributed by atoms with van der Waals surface area (Å²) in [5.74, 6) is 6.10. The van der Waals surface area contributed by atoms with Crippen LogP contribution in [0.2, 0.25) is 0 Å². The molecule has 0 unspecified atom stereocenters. The van der Waals surface area contributed by atoms with Gasteiger partial charge in [0.05, 0.1) is 6.54 Å². The first-order valence-corrected chi connectivity index (χ1v) is 6.16. The van der Waals surface area contributed by atoms with Gasteiger partial charge in [-0.2, -0.15) is 0 Å². The van der Waals surface area contributed by atoms with Crippen molar-refractivity contribution in [2.45, 2.75) is 26.9 Å². The molecule has 0 aliphatic carbocycles. The van der Waals surface area contributed by atoms with Crippen molar-refractivity contribution in [2.24, 2.45) is 5.84 Å². The molecule has 0 aliphatic rings. The number of nitrogens with zero attached hydrogens (tertiary/aromatic N) is 4. The molecule has 2 aromatic heterocycles. The Hall–Kier alpha value is -2.48. The summed E-state index contributed by atoms with van der Waals surface area (Å²) in [7, 11) is 0. The van der Waals surface area contributed by atoms with E-state index in [1.807, 2.05) is 6.92 Å². The average molecular weight is 276 g/mol. The lowest BCUT2D eigenvalue weighted by Gasteiger charge is -2.09. The number of hydrazine groups is 1. The van der Waals surface area contributed by atoms with Crippen molar-refractivity contribution in [1.29, 1.82) is 0 Å². The molecule has 106 valence electrons. The second kappa shape index (κ2) is 5.66. The monoisotopic (exact) mass is 276 g/mol. The van der Waals surface area contributed by atoms with Gasteiger partial charge in [0.2, 0.25) is 0 Å². The van der Waals surface area contributed by atoms with E-state index in [4.69, 9.17) is 5.84 Å². The molecule has 0 spiro atoms. The van der Waals surface area contributed by atoms with Gasteiger partial charge in [-0.3, -0.25) is 9.36 Å². The maximum atomic E-state index is 12.1. The second-order valence-corrected chi connectivity index (χ2v) is 4.26. The minimum atomic E-state index is -0.382. The third-order valence-electron chi connectivity index (χ3n) is 2.83. The van der Waals surface area contributed by atoms with Crippen LogP contribution in [0.3, 0.4) is 0 Å². The number of hydrogen-bond donors (Lipinski definition) is 2. The second-order valence-electron chi connectivity index (χ2n) is 4.26. The number of nitrogen functional groups attached to an aromatic ring is 1. The Balaban J connectivity index is 2.47. The topological polar surface area (TPSA) is 108 Å². The summed E-state index contributed by atoms with van der Waals surface area (Å²) in [4.78, 5) is 32.2. The van der Waals surface area contributed by atoms with Gasteiger partial charge in [-0.25, -0.2) is 20.6 Å². The number of aryl methyl sites for hydroxylation is 2. The maximum Gasteiger partial charge on any atom is 0.331 e. The summed E-state index contributed by atoms with van der Waals surface area (Å²) in [5.41, 5.74) is 2.36. The molecule has 0 amide bonds. The third kappa shape index (κ3) is 2.75.